The van der Waals surface area contributed by atoms with Crippen LogP contribution in [0, 0.1) is 5.82 Å². The highest BCUT2D eigenvalue weighted by atomic mass is 35.5. The third-order valence-corrected chi connectivity index (χ3v) is 4.43. The van der Waals surface area contributed by atoms with Gasteiger partial charge in [-0.15, -0.1) is 0 Å². The lowest BCUT2D eigenvalue weighted by Gasteiger charge is -2.21. The molecule has 2 heterocycles. The first-order chi connectivity index (χ1) is 10.1. The smallest absolute Gasteiger partial charge is 0.240 e. The summed E-state index contributed by atoms with van der Waals surface area (Å²) in [6, 6.07) is 5.97. The lowest BCUT2D eigenvalue weighted by molar-refractivity contribution is -0.130. The summed E-state index contributed by atoms with van der Waals surface area (Å²) in [5.41, 5.74) is 2.06. The van der Waals surface area contributed by atoms with Gasteiger partial charge in [-0.2, -0.15) is 16.4 Å². The SMILES string of the molecule is CC(=O)N1N=C(c2ccsc2)CC1c1c(F)cccc1Cl. The van der Waals surface area contributed by atoms with Gasteiger partial charge in [-0.25, -0.2) is 9.40 Å². The molecule has 3 rings (SSSR count). The Morgan fingerprint density at radius 1 is 1.48 bits per heavy atom. The van der Waals surface area contributed by atoms with Crippen molar-refractivity contribution in [3.8, 4) is 0 Å². The van der Waals surface area contributed by atoms with Crippen LogP contribution in [0.5, 0.6) is 0 Å². The first kappa shape index (κ1) is 14.2. The molecule has 6 heteroatoms. The van der Waals surface area contributed by atoms with Gasteiger partial charge in [0, 0.05) is 29.5 Å². The number of nitrogens with zero attached hydrogens (tertiary/aromatic N) is 2. The fraction of sp³-hybridized carbons (Fsp3) is 0.200. The van der Waals surface area contributed by atoms with E-state index in [0.29, 0.717) is 17.0 Å². The van der Waals surface area contributed by atoms with Crippen molar-refractivity contribution in [3.05, 3.63) is 57.0 Å². The van der Waals surface area contributed by atoms with Crippen molar-refractivity contribution in [1.29, 1.82) is 0 Å². The van der Waals surface area contributed by atoms with E-state index < -0.39 is 11.9 Å². The average molecular weight is 323 g/mol. The average Bonchev–Trinajstić information content (AvgIpc) is 3.07. The quantitative estimate of drug-likeness (QED) is 0.814. The van der Waals surface area contributed by atoms with E-state index in [1.807, 2.05) is 16.8 Å². The number of hydrogen-bond acceptors (Lipinski definition) is 3. The number of thiophene rings is 1. The summed E-state index contributed by atoms with van der Waals surface area (Å²) in [4.78, 5) is 11.8. The number of rotatable bonds is 2. The third kappa shape index (κ3) is 2.59. The Morgan fingerprint density at radius 2 is 2.29 bits per heavy atom. The number of halogens is 2. The van der Waals surface area contributed by atoms with Crippen LogP contribution in [0.2, 0.25) is 5.02 Å². The molecule has 0 N–H and O–H groups in total. The molecular formula is C15H12ClFN2OS. The maximum Gasteiger partial charge on any atom is 0.240 e. The zero-order valence-corrected chi connectivity index (χ0v) is 12.8. The Hall–Kier alpha value is -1.72. The molecule has 1 aliphatic heterocycles. The lowest BCUT2D eigenvalue weighted by Crippen LogP contribution is -2.25. The minimum absolute atomic E-state index is 0.232. The molecule has 0 spiro atoms. The van der Waals surface area contributed by atoms with Crippen molar-refractivity contribution in [2.45, 2.75) is 19.4 Å². The largest absolute Gasteiger partial charge is 0.273 e. The fourth-order valence-corrected chi connectivity index (χ4v) is 3.41. The minimum atomic E-state index is -0.494. The van der Waals surface area contributed by atoms with Crippen LogP contribution in [0.3, 0.4) is 0 Å². The molecule has 1 atom stereocenters. The highest BCUT2D eigenvalue weighted by Crippen LogP contribution is 2.37. The molecule has 0 fully saturated rings. The number of benzene rings is 1. The molecule has 0 saturated carbocycles. The van der Waals surface area contributed by atoms with Crippen LogP contribution in [0.4, 0.5) is 4.39 Å². The van der Waals surface area contributed by atoms with Crippen molar-refractivity contribution in [2.24, 2.45) is 5.10 Å². The summed E-state index contributed by atoms with van der Waals surface area (Å²) in [5.74, 6) is -0.648. The van der Waals surface area contributed by atoms with E-state index in [0.717, 1.165) is 11.3 Å². The van der Waals surface area contributed by atoms with Crippen LogP contribution in [0.15, 0.2) is 40.1 Å². The van der Waals surface area contributed by atoms with Gasteiger partial charge in [0.25, 0.3) is 0 Å². The standard InChI is InChI=1S/C15H12ClFN2OS/c1-9(20)19-14(15-11(16)3-2-4-12(15)17)7-13(18-19)10-5-6-21-8-10/h2-6,8,14H,7H2,1H3. The molecule has 0 saturated heterocycles. The van der Waals surface area contributed by atoms with Gasteiger partial charge in [0.2, 0.25) is 5.91 Å². The fourth-order valence-electron chi connectivity index (χ4n) is 2.46. The maximum atomic E-state index is 14.1. The highest BCUT2D eigenvalue weighted by Gasteiger charge is 2.34. The molecule has 1 amide bonds. The van der Waals surface area contributed by atoms with Gasteiger partial charge < -0.3 is 0 Å². The van der Waals surface area contributed by atoms with Gasteiger partial charge in [0.15, 0.2) is 0 Å². The van der Waals surface area contributed by atoms with Crippen LogP contribution in [-0.2, 0) is 4.79 Å². The van der Waals surface area contributed by atoms with Gasteiger partial charge >= 0.3 is 0 Å². The van der Waals surface area contributed by atoms with Crippen LogP contribution in [-0.4, -0.2) is 16.6 Å². The monoisotopic (exact) mass is 322 g/mol. The number of hydrogen-bond donors (Lipinski definition) is 0. The van der Waals surface area contributed by atoms with Crippen LogP contribution < -0.4 is 0 Å². The molecule has 1 aromatic carbocycles. The zero-order valence-electron chi connectivity index (χ0n) is 11.2. The molecule has 1 aliphatic rings. The van der Waals surface area contributed by atoms with Gasteiger partial charge in [-0.1, -0.05) is 17.7 Å². The van der Waals surface area contributed by atoms with E-state index in [1.165, 1.54) is 18.0 Å². The zero-order chi connectivity index (χ0) is 15.0. The van der Waals surface area contributed by atoms with E-state index in [1.54, 1.807) is 23.5 Å². The number of carbonyl (C=O) groups is 1. The van der Waals surface area contributed by atoms with Crippen molar-refractivity contribution in [1.82, 2.24) is 5.01 Å². The first-order valence-electron chi connectivity index (χ1n) is 6.41. The second-order valence-corrected chi connectivity index (χ2v) is 5.96. The van der Waals surface area contributed by atoms with Crippen LogP contribution >= 0.6 is 22.9 Å². The van der Waals surface area contributed by atoms with E-state index in [9.17, 15) is 9.18 Å². The predicted octanol–water partition coefficient (Wildman–Crippen LogP) is 4.24. The second kappa shape index (κ2) is 5.58. The van der Waals surface area contributed by atoms with Crippen LogP contribution in [0.25, 0.3) is 0 Å². The topological polar surface area (TPSA) is 32.7 Å². The molecule has 0 radical (unpaired) electrons. The Bertz CT molecular complexity index is 694. The Kier molecular flexibility index (Phi) is 3.78. The summed E-state index contributed by atoms with van der Waals surface area (Å²) in [7, 11) is 0. The number of amides is 1. The third-order valence-electron chi connectivity index (χ3n) is 3.42. The lowest BCUT2D eigenvalue weighted by atomic mass is 9.99. The molecule has 21 heavy (non-hydrogen) atoms. The van der Waals surface area contributed by atoms with Gasteiger partial charge in [0.1, 0.15) is 5.82 Å². The second-order valence-electron chi connectivity index (χ2n) is 4.78. The molecule has 0 aliphatic carbocycles. The van der Waals surface area contributed by atoms with Crippen molar-refractivity contribution in [3.63, 3.8) is 0 Å². The van der Waals surface area contributed by atoms with Crippen molar-refractivity contribution >= 4 is 34.6 Å². The van der Waals surface area contributed by atoms with Gasteiger partial charge in [-0.3, -0.25) is 4.79 Å². The summed E-state index contributed by atoms with van der Waals surface area (Å²) >= 11 is 7.68. The number of hydrazone groups is 1. The summed E-state index contributed by atoms with van der Waals surface area (Å²) in [6.45, 7) is 1.42. The molecule has 108 valence electrons. The van der Waals surface area contributed by atoms with E-state index in [4.69, 9.17) is 11.6 Å². The molecule has 1 unspecified atom stereocenters. The molecular weight excluding hydrogens is 311 g/mol. The van der Waals surface area contributed by atoms with Crippen LogP contribution in [0.1, 0.15) is 30.5 Å². The van der Waals surface area contributed by atoms with Crippen molar-refractivity contribution < 1.29 is 9.18 Å². The van der Waals surface area contributed by atoms with E-state index >= 15 is 0 Å². The highest BCUT2D eigenvalue weighted by molar-refractivity contribution is 7.08. The Balaban J connectivity index is 2.02. The first-order valence-corrected chi connectivity index (χ1v) is 7.73. The molecule has 3 nitrogen and oxygen atoms in total. The Labute approximate surface area is 130 Å². The molecule has 2 aromatic rings. The van der Waals surface area contributed by atoms with Gasteiger partial charge in [0.05, 0.1) is 11.8 Å². The summed E-state index contributed by atoms with van der Waals surface area (Å²) < 4.78 is 14.1. The van der Waals surface area contributed by atoms with E-state index in [2.05, 4.69) is 5.10 Å². The predicted molar refractivity (Wildman–Crippen MR) is 82.1 cm³/mol. The maximum absolute atomic E-state index is 14.1. The summed E-state index contributed by atoms with van der Waals surface area (Å²) in [6.07, 6.45) is 0.455. The summed E-state index contributed by atoms with van der Waals surface area (Å²) in [5, 5.41) is 9.89. The normalized spacial score (nSPS) is 18.0. The van der Waals surface area contributed by atoms with Crippen molar-refractivity contribution in [2.75, 3.05) is 0 Å². The Morgan fingerprint density at radius 3 is 2.90 bits per heavy atom. The van der Waals surface area contributed by atoms with Gasteiger partial charge in [-0.05, 0) is 29.0 Å². The molecule has 1 aromatic heterocycles. The van der Waals surface area contributed by atoms with E-state index in [-0.39, 0.29) is 5.91 Å². The minimum Gasteiger partial charge on any atom is -0.273 e. The number of carbonyl (C=O) groups excluding carboxylic acids is 1. The molecule has 0 bridgehead atoms.